The normalized spacial score (nSPS) is 16.2. The fourth-order valence-electron chi connectivity index (χ4n) is 5.17. The molecule has 1 saturated heterocycles. The summed E-state index contributed by atoms with van der Waals surface area (Å²) in [4.78, 5) is 24.4. The number of hydrogen-bond donors (Lipinski definition) is 2. The molecule has 0 bridgehead atoms. The molecule has 6 heteroatoms. The molecule has 1 heterocycles. The van der Waals surface area contributed by atoms with Crippen molar-refractivity contribution < 1.29 is 24.2 Å². The van der Waals surface area contributed by atoms with Crippen LogP contribution in [0.15, 0.2) is 72.8 Å². The lowest BCUT2D eigenvalue weighted by Gasteiger charge is -2.22. The Kier molecular flexibility index (Phi) is 6.82. The lowest BCUT2D eigenvalue weighted by Crippen LogP contribution is -2.42. The van der Waals surface area contributed by atoms with Crippen LogP contribution in [-0.4, -0.2) is 43.0 Å². The maximum Gasteiger partial charge on any atom is 0.407 e. The van der Waals surface area contributed by atoms with Gasteiger partial charge in [-0.15, -0.1) is 0 Å². The highest BCUT2D eigenvalue weighted by molar-refractivity contribution is 5.81. The van der Waals surface area contributed by atoms with Gasteiger partial charge in [-0.3, -0.25) is 0 Å². The molecule has 6 nitrogen and oxygen atoms in total. The number of alkyl carbamates (subject to hydrolysis) is 1. The van der Waals surface area contributed by atoms with E-state index in [1.807, 2.05) is 48.5 Å². The molecule has 2 N–H and O–H groups in total. The van der Waals surface area contributed by atoms with Crippen LogP contribution in [0.2, 0.25) is 0 Å². The maximum absolute atomic E-state index is 12.6. The molecule has 180 valence electrons. The molecule has 0 saturated carbocycles. The van der Waals surface area contributed by atoms with Crippen LogP contribution in [0.5, 0.6) is 0 Å². The second-order valence-corrected chi connectivity index (χ2v) is 9.19. The van der Waals surface area contributed by atoms with E-state index in [9.17, 15) is 14.7 Å². The van der Waals surface area contributed by atoms with E-state index in [4.69, 9.17) is 9.47 Å². The van der Waals surface area contributed by atoms with Gasteiger partial charge in [0.2, 0.25) is 0 Å². The lowest BCUT2D eigenvalue weighted by atomic mass is 9.90. The molecule has 1 fully saturated rings. The van der Waals surface area contributed by atoms with Crippen molar-refractivity contribution in [3.63, 3.8) is 0 Å². The first kappa shape index (κ1) is 23.1. The number of amides is 1. The molecule has 0 radical (unpaired) electrons. The fraction of sp³-hybridized carbons (Fsp3) is 0.310. The van der Waals surface area contributed by atoms with E-state index < -0.39 is 18.1 Å². The number of hydrogen-bond acceptors (Lipinski definition) is 4. The molecule has 1 aliphatic carbocycles. The highest BCUT2D eigenvalue weighted by Crippen LogP contribution is 2.44. The Morgan fingerprint density at radius 3 is 2.11 bits per heavy atom. The van der Waals surface area contributed by atoms with Crippen LogP contribution >= 0.6 is 0 Å². The van der Waals surface area contributed by atoms with Gasteiger partial charge in [0, 0.05) is 25.6 Å². The van der Waals surface area contributed by atoms with Crippen molar-refractivity contribution in [2.75, 3.05) is 19.8 Å². The molecular formula is C29H29NO5. The minimum Gasteiger partial charge on any atom is -0.480 e. The molecule has 5 rings (SSSR count). The smallest absolute Gasteiger partial charge is 0.407 e. The van der Waals surface area contributed by atoms with Crippen molar-refractivity contribution in [2.24, 2.45) is 0 Å². The molecule has 1 atom stereocenters. The van der Waals surface area contributed by atoms with Crippen LogP contribution in [-0.2, 0) is 20.7 Å². The lowest BCUT2D eigenvalue weighted by molar-refractivity contribution is -0.139. The van der Waals surface area contributed by atoms with Crippen LogP contribution in [0.4, 0.5) is 4.79 Å². The van der Waals surface area contributed by atoms with E-state index in [2.05, 4.69) is 29.6 Å². The fourth-order valence-corrected chi connectivity index (χ4v) is 5.17. The summed E-state index contributed by atoms with van der Waals surface area (Å²) in [6.07, 6.45) is 1.46. The van der Waals surface area contributed by atoms with Crippen molar-refractivity contribution in [1.82, 2.24) is 5.32 Å². The van der Waals surface area contributed by atoms with Crippen molar-refractivity contribution >= 4 is 12.1 Å². The molecule has 3 aromatic carbocycles. The number of benzene rings is 3. The summed E-state index contributed by atoms with van der Waals surface area (Å²) >= 11 is 0. The number of carbonyl (C=O) groups excluding carboxylic acids is 1. The van der Waals surface area contributed by atoms with Crippen molar-refractivity contribution in [1.29, 1.82) is 0 Å². The summed E-state index contributed by atoms with van der Waals surface area (Å²) in [7, 11) is 0. The highest BCUT2D eigenvalue weighted by Gasteiger charge is 2.30. The summed E-state index contributed by atoms with van der Waals surface area (Å²) < 4.78 is 11.0. The van der Waals surface area contributed by atoms with Gasteiger partial charge in [-0.1, -0.05) is 72.8 Å². The standard InChI is InChI=1S/C29H29NO5/c31-28(32)27(17-19-9-11-20(12-10-19)21-13-15-34-16-14-21)30-29(33)35-18-26-24-7-3-1-5-22(24)23-6-2-4-8-25(23)26/h1-12,21,26-27H,13-18H2,(H,30,33)(H,31,32). The monoisotopic (exact) mass is 471 g/mol. The zero-order chi connectivity index (χ0) is 24.2. The summed E-state index contributed by atoms with van der Waals surface area (Å²) in [5.74, 6) is -0.687. The molecule has 3 aromatic rings. The number of nitrogens with one attached hydrogen (secondary N) is 1. The quantitative estimate of drug-likeness (QED) is 0.500. The van der Waals surface area contributed by atoms with Crippen LogP contribution < -0.4 is 5.32 Å². The average molecular weight is 472 g/mol. The van der Waals surface area contributed by atoms with Crippen molar-refractivity contribution in [3.05, 3.63) is 95.1 Å². The Labute approximate surface area is 204 Å². The second-order valence-electron chi connectivity index (χ2n) is 9.19. The maximum atomic E-state index is 12.6. The van der Waals surface area contributed by atoms with E-state index in [1.54, 1.807) is 0 Å². The first-order valence-electron chi connectivity index (χ1n) is 12.1. The number of ether oxygens (including phenoxy) is 2. The van der Waals surface area contributed by atoms with E-state index in [0.29, 0.717) is 5.92 Å². The largest absolute Gasteiger partial charge is 0.480 e. The van der Waals surface area contributed by atoms with Gasteiger partial charge in [-0.05, 0) is 52.1 Å². The van der Waals surface area contributed by atoms with Gasteiger partial charge in [0.25, 0.3) is 0 Å². The molecule has 0 aromatic heterocycles. The zero-order valence-electron chi connectivity index (χ0n) is 19.5. The predicted octanol–water partition coefficient (Wildman–Crippen LogP) is 5.12. The summed E-state index contributed by atoms with van der Waals surface area (Å²) in [6.45, 7) is 1.70. The average Bonchev–Trinajstić information content (AvgIpc) is 3.21. The van der Waals surface area contributed by atoms with E-state index in [0.717, 1.165) is 53.9 Å². The number of carbonyl (C=O) groups is 2. The molecule has 35 heavy (non-hydrogen) atoms. The molecular weight excluding hydrogens is 442 g/mol. The minimum atomic E-state index is -1.09. The zero-order valence-corrected chi connectivity index (χ0v) is 19.5. The number of carboxylic acids is 1. The molecule has 1 unspecified atom stereocenters. The number of rotatable bonds is 7. The summed E-state index contributed by atoms with van der Waals surface area (Å²) in [5.41, 5.74) is 6.61. The Hall–Kier alpha value is -3.64. The first-order valence-corrected chi connectivity index (χ1v) is 12.1. The molecule has 2 aliphatic rings. The van der Waals surface area contributed by atoms with E-state index in [-0.39, 0.29) is 18.9 Å². The van der Waals surface area contributed by atoms with Crippen LogP contribution in [0, 0.1) is 0 Å². The van der Waals surface area contributed by atoms with Gasteiger partial charge in [-0.25, -0.2) is 9.59 Å². The molecule has 1 aliphatic heterocycles. The van der Waals surface area contributed by atoms with Gasteiger partial charge in [-0.2, -0.15) is 0 Å². The van der Waals surface area contributed by atoms with E-state index >= 15 is 0 Å². The SMILES string of the molecule is O=C(NC(Cc1ccc(C2CCOCC2)cc1)C(=O)O)OCC1c2ccccc2-c2ccccc21. The first-order chi connectivity index (χ1) is 17.1. The number of carboxylic acid groups (broad SMARTS) is 1. The Balaban J connectivity index is 1.20. The third-order valence-corrected chi connectivity index (χ3v) is 7.05. The number of aliphatic carboxylic acids is 1. The van der Waals surface area contributed by atoms with Gasteiger partial charge in [0.05, 0.1) is 0 Å². The van der Waals surface area contributed by atoms with Crippen LogP contribution in [0.3, 0.4) is 0 Å². The van der Waals surface area contributed by atoms with Gasteiger partial charge in [0.1, 0.15) is 12.6 Å². The summed E-state index contributed by atoms with van der Waals surface area (Å²) in [5, 5.41) is 12.2. The predicted molar refractivity (Wildman–Crippen MR) is 133 cm³/mol. The third-order valence-electron chi connectivity index (χ3n) is 7.05. The molecule has 0 spiro atoms. The highest BCUT2D eigenvalue weighted by atomic mass is 16.5. The number of fused-ring (bicyclic) bond motifs is 3. The van der Waals surface area contributed by atoms with Gasteiger partial charge < -0.3 is 19.9 Å². The topological polar surface area (TPSA) is 84.9 Å². The Morgan fingerprint density at radius 1 is 0.914 bits per heavy atom. The van der Waals surface area contributed by atoms with Crippen molar-refractivity contribution in [2.45, 2.75) is 37.1 Å². The minimum absolute atomic E-state index is 0.0749. The van der Waals surface area contributed by atoms with E-state index in [1.165, 1.54) is 5.56 Å². The second kappa shape index (κ2) is 10.3. The van der Waals surface area contributed by atoms with Crippen LogP contribution in [0.25, 0.3) is 11.1 Å². The van der Waals surface area contributed by atoms with Crippen LogP contribution in [0.1, 0.15) is 46.9 Å². The van der Waals surface area contributed by atoms with Crippen molar-refractivity contribution in [3.8, 4) is 11.1 Å². The van der Waals surface area contributed by atoms with Gasteiger partial charge in [0.15, 0.2) is 0 Å². The third kappa shape index (κ3) is 5.08. The van der Waals surface area contributed by atoms with Gasteiger partial charge >= 0.3 is 12.1 Å². The Bertz CT molecular complexity index is 1150. The molecule has 1 amide bonds. The Morgan fingerprint density at radius 2 is 1.51 bits per heavy atom. The summed E-state index contributed by atoms with van der Waals surface area (Å²) in [6, 6.07) is 23.1.